The number of nitrogens with one attached hydrogen (secondary N) is 2. The van der Waals surface area contributed by atoms with Crippen LogP contribution in [0.15, 0.2) is 41.6 Å². The van der Waals surface area contributed by atoms with E-state index in [4.69, 9.17) is 0 Å². The molecule has 0 radical (unpaired) electrons. The molecular formula is C19H16F2N4O2S. The third-order valence-electron chi connectivity index (χ3n) is 4.59. The van der Waals surface area contributed by atoms with Crippen LogP contribution in [0.4, 0.5) is 20.2 Å². The van der Waals surface area contributed by atoms with Crippen LogP contribution in [0.2, 0.25) is 0 Å². The summed E-state index contributed by atoms with van der Waals surface area (Å²) in [6.07, 6.45) is 0. The van der Waals surface area contributed by atoms with E-state index in [-0.39, 0.29) is 23.1 Å². The number of aromatic nitrogens is 2. The fourth-order valence-corrected chi connectivity index (χ4v) is 3.88. The van der Waals surface area contributed by atoms with E-state index in [1.807, 2.05) is 0 Å². The zero-order valence-electron chi connectivity index (χ0n) is 15.0. The van der Waals surface area contributed by atoms with Crippen molar-refractivity contribution in [1.29, 1.82) is 0 Å². The molecule has 0 bridgehead atoms. The van der Waals surface area contributed by atoms with Gasteiger partial charge in [-0.3, -0.25) is 14.5 Å². The Morgan fingerprint density at radius 2 is 1.93 bits per heavy atom. The number of thioether (sulfide) groups is 1. The number of H-pyrrole nitrogens is 1. The zero-order valence-corrected chi connectivity index (χ0v) is 15.9. The van der Waals surface area contributed by atoms with E-state index in [1.165, 1.54) is 4.90 Å². The van der Waals surface area contributed by atoms with Crippen molar-refractivity contribution in [2.75, 3.05) is 16.0 Å². The van der Waals surface area contributed by atoms with Gasteiger partial charge in [0.05, 0.1) is 28.2 Å². The van der Waals surface area contributed by atoms with Gasteiger partial charge in [-0.1, -0.05) is 23.9 Å². The highest BCUT2D eigenvalue weighted by molar-refractivity contribution is 7.99. The van der Waals surface area contributed by atoms with Crippen LogP contribution in [0.3, 0.4) is 0 Å². The average molecular weight is 402 g/mol. The fourth-order valence-electron chi connectivity index (χ4n) is 3.14. The fraction of sp³-hybridized carbons (Fsp3) is 0.211. The van der Waals surface area contributed by atoms with Crippen LogP contribution in [-0.2, 0) is 9.59 Å². The summed E-state index contributed by atoms with van der Waals surface area (Å²) in [5.74, 6) is -2.52. The summed E-state index contributed by atoms with van der Waals surface area (Å²) in [4.78, 5) is 33.9. The number of imidazole rings is 1. The van der Waals surface area contributed by atoms with Gasteiger partial charge in [-0.05, 0) is 26.0 Å². The molecule has 2 aromatic carbocycles. The summed E-state index contributed by atoms with van der Waals surface area (Å²) in [6, 6.07) is 9.10. The van der Waals surface area contributed by atoms with Crippen molar-refractivity contribution in [3.8, 4) is 0 Å². The van der Waals surface area contributed by atoms with E-state index in [9.17, 15) is 18.4 Å². The molecule has 2 amide bonds. The van der Waals surface area contributed by atoms with Gasteiger partial charge in [0.2, 0.25) is 11.8 Å². The van der Waals surface area contributed by atoms with Gasteiger partial charge in [0.25, 0.3) is 0 Å². The van der Waals surface area contributed by atoms with Gasteiger partial charge in [0.15, 0.2) is 16.8 Å². The van der Waals surface area contributed by atoms with Gasteiger partial charge >= 0.3 is 0 Å². The summed E-state index contributed by atoms with van der Waals surface area (Å²) < 4.78 is 26.7. The lowest BCUT2D eigenvalue weighted by molar-refractivity contribution is -0.125. The van der Waals surface area contributed by atoms with Crippen molar-refractivity contribution in [3.05, 3.63) is 48.0 Å². The molecule has 2 N–H and O–H groups in total. The first kappa shape index (κ1) is 18.4. The lowest BCUT2D eigenvalue weighted by Gasteiger charge is -2.42. The van der Waals surface area contributed by atoms with Gasteiger partial charge in [-0.2, -0.15) is 0 Å². The second-order valence-corrected chi connectivity index (χ2v) is 7.84. The Bertz CT molecular complexity index is 1070. The standard InChI is InChI=1S/C19H16F2N4O2S/c1-19(2)17(27)22-12-5-3-4-6-15(12)25(19)16(26)9-28-18-23-13-7-10(20)11(21)8-14(13)24-18/h3-8H,9H2,1-2H3,(H,22,27)(H,23,24). The number of fused-ring (bicyclic) bond motifs is 2. The molecular weight excluding hydrogens is 386 g/mol. The second-order valence-electron chi connectivity index (χ2n) is 6.87. The number of hydrogen-bond donors (Lipinski definition) is 2. The van der Waals surface area contributed by atoms with E-state index in [2.05, 4.69) is 15.3 Å². The Morgan fingerprint density at radius 3 is 2.71 bits per heavy atom. The summed E-state index contributed by atoms with van der Waals surface area (Å²) in [5, 5.41) is 3.17. The molecule has 144 valence electrons. The molecule has 0 saturated carbocycles. The predicted molar refractivity (Wildman–Crippen MR) is 103 cm³/mol. The number of rotatable bonds is 3. The Kier molecular flexibility index (Phi) is 4.34. The van der Waals surface area contributed by atoms with Crippen LogP contribution in [0.5, 0.6) is 0 Å². The number of amides is 2. The van der Waals surface area contributed by atoms with Gasteiger partial charge in [-0.25, -0.2) is 13.8 Å². The van der Waals surface area contributed by atoms with Gasteiger partial charge in [-0.15, -0.1) is 0 Å². The summed E-state index contributed by atoms with van der Waals surface area (Å²) in [5.41, 5.74) is 0.742. The molecule has 0 unspecified atom stereocenters. The summed E-state index contributed by atoms with van der Waals surface area (Å²) in [7, 11) is 0. The number of para-hydroxylation sites is 2. The number of halogens is 2. The highest BCUT2D eigenvalue weighted by atomic mass is 32.2. The van der Waals surface area contributed by atoms with Crippen molar-refractivity contribution in [2.45, 2.75) is 24.5 Å². The van der Waals surface area contributed by atoms with E-state index in [0.29, 0.717) is 22.0 Å². The number of carbonyl (C=O) groups excluding carboxylic acids is 2. The zero-order chi connectivity index (χ0) is 20.1. The molecule has 1 aliphatic rings. The molecule has 0 atom stereocenters. The molecule has 0 aliphatic carbocycles. The monoisotopic (exact) mass is 402 g/mol. The van der Waals surface area contributed by atoms with Crippen molar-refractivity contribution in [1.82, 2.24) is 9.97 Å². The Hall–Kier alpha value is -2.94. The van der Waals surface area contributed by atoms with Crippen LogP contribution < -0.4 is 10.2 Å². The summed E-state index contributed by atoms with van der Waals surface area (Å²) >= 11 is 1.10. The van der Waals surface area contributed by atoms with Gasteiger partial charge in [0, 0.05) is 12.1 Å². The number of aromatic amines is 1. The van der Waals surface area contributed by atoms with Crippen LogP contribution >= 0.6 is 11.8 Å². The molecule has 1 aromatic heterocycles. The quantitative estimate of drug-likeness (QED) is 0.655. The number of hydrogen-bond acceptors (Lipinski definition) is 4. The molecule has 1 aliphatic heterocycles. The van der Waals surface area contributed by atoms with Crippen molar-refractivity contribution in [3.63, 3.8) is 0 Å². The number of nitrogens with zero attached hydrogens (tertiary/aromatic N) is 2. The minimum absolute atomic E-state index is 0.00414. The highest BCUT2D eigenvalue weighted by Crippen LogP contribution is 2.37. The predicted octanol–water partition coefficient (Wildman–Crippen LogP) is 3.70. The maximum atomic E-state index is 13.3. The van der Waals surface area contributed by atoms with Gasteiger partial charge < -0.3 is 10.3 Å². The maximum Gasteiger partial charge on any atom is 0.250 e. The van der Waals surface area contributed by atoms with E-state index in [0.717, 1.165) is 23.9 Å². The van der Waals surface area contributed by atoms with E-state index >= 15 is 0 Å². The smallest absolute Gasteiger partial charge is 0.250 e. The normalized spacial score (nSPS) is 15.4. The topological polar surface area (TPSA) is 78.1 Å². The molecule has 0 spiro atoms. The third kappa shape index (κ3) is 3.01. The highest BCUT2D eigenvalue weighted by Gasteiger charge is 2.43. The lowest BCUT2D eigenvalue weighted by Crippen LogP contribution is -2.58. The SMILES string of the molecule is CC1(C)C(=O)Nc2ccccc2N1C(=O)CSc1nc2cc(F)c(F)cc2[nH]1. The average Bonchev–Trinajstić information content (AvgIpc) is 3.02. The molecule has 0 fully saturated rings. The Labute approximate surface area is 163 Å². The van der Waals surface area contributed by atoms with E-state index < -0.39 is 17.2 Å². The molecule has 0 saturated heterocycles. The molecule has 2 heterocycles. The summed E-state index contributed by atoms with van der Waals surface area (Å²) in [6.45, 7) is 3.35. The van der Waals surface area contributed by atoms with Crippen LogP contribution in [0.25, 0.3) is 11.0 Å². The second kappa shape index (κ2) is 6.59. The Balaban J connectivity index is 1.59. The van der Waals surface area contributed by atoms with Gasteiger partial charge in [0.1, 0.15) is 5.54 Å². The Morgan fingerprint density at radius 1 is 1.21 bits per heavy atom. The maximum absolute atomic E-state index is 13.3. The molecule has 3 aromatic rings. The van der Waals surface area contributed by atoms with Crippen LogP contribution in [0.1, 0.15) is 13.8 Å². The number of anilines is 2. The van der Waals surface area contributed by atoms with Crippen molar-refractivity contribution >= 4 is 46.0 Å². The number of benzene rings is 2. The minimum atomic E-state index is -1.06. The largest absolute Gasteiger partial charge is 0.333 e. The third-order valence-corrected chi connectivity index (χ3v) is 5.45. The minimum Gasteiger partial charge on any atom is -0.333 e. The van der Waals surface area contributed by atoms with Crippen molar-refractivity contribution < 1.29 is 18.4 Å². The lowest BCUT2D eigenvalue weighted by atomic mass is 9.96. The molecule has 9 heteroatoms. The van der Waals surface area contributed by atoms with Crippen LogP contribution in [-0.4, -0.2) is 33.1 Å². The first-order valence-corrected chi connectivity index (χ1v) is 9.47. The first-order valence-electron chi connectivity index (χ1n) is 8.48. The molecule has 6 nitrogen and oxygen atoms in total. The van der Waals surface area contributed by atoms with Crippen molar-refractivity contribution in [2.24, 2.45) is 0 Å². The van der Waals surface area contributed by atoms with Crippen LogP contribution in [0, 0.1) is 11.6 Å². The first-order chi connectivity index (χ1) is 13.3. The number of carbonyl (C=O) groups is 2. The molecule has 28 heavy (non-hydrogen) atoms. The van der Waals surface area contributed by atoms with E-state index in [1.54, 1.807) is 38.1 Å². The molecule has 4 rings (SSSR count).